The van der Waals surface area contributed by atoms with Crippen molar-refractivity contribution in [3.63, 3.8) is 0 Å². The van der Waals surface area contributed by atoms with Crippen LogP contribution >= 0.6 is 11.6 Å². The minimum Gasteiger partial charge on any atom is -0.441 e. The number of anilines is 4. The number of nitriles is 1. The Labute approximate surface area is 217 Å². The first kappa shape index (κ1) is 23.1. The van der Waals surface area contributed by atoms with Crippen molar-refractivity contribution in [2.45, 2.75) is 37.3 Å². The minimum absolute atomic E-state index is 0.222. The summed E-state index contributed by atoms with van der Waals surface area (Å²) in [5.74, 6) is 1.01. The van der Waals surface area contributed by atoms with Crippen LogP contribution in [-0.2, 0) is 4.74 Å². The van der Waals surface area contributed by atoms with E-state index in [4.69, 9.17) is 22.9 Å². The first-order valence-corrected chi connectivity index (χ1v) is 12.4. The molecule has 37 heavy (non-hydrogen) atoms. The molecule has 4 heterocycles. The van der Waals surface area contributed by atoms with Crippen molar-refractivity contribution >= 4 is 52.3 Å². The second-order valence-corrected chi connectivity index (χ2v) is 10.0. The molecule has 1 amide bonds. The zero-order valence-electron chi connectivity index (χ0n) is 20.0. The van der Waals surface area contributed by atoms with Crippen LogP contribution in [0.25, 0.3) is 10.5 Å². The molecule has 0 unspecified atom stereocenters. The second kappa shape index (κ2) is 8.68. The Morgan fingerprint density at radius 1 is 1.32 bits per heavy atom. The highest BCUT2D eigenvalue weighted by molar-refractivity contribution is 6.36. The maximum Gasteiger partial charge on any atom is 0.410 e. The van der Waals surface area contributed by atoms with Crippen molar-refractivity contribution in [3.8, 4) is 6.07 Å². The number of hydrogen-bond donors (Lipinski definition) is 2. The summed E-state index contributed by atoms with van der Waals surface area (Å²) < 4.78 is 7.11. The first-order chi connectivity index (χ1) is 17.9. The van der Waals surface area contributed by atoms with Gasteiger partial charge in [-0.05, 0) is 25.0 Å². The smallest absolute Gasteiger partial charge is 0.410 e. The number of benzene rings is 1. The molecule has 1 saturated carbocycles. The van der Waals surface area contributed by atoms with Crippen molar-refractivity contribution in [3.05, 3.63) is 40.3 Å². The largest absolute Gasteiger partial charge is 0.441 e. The van der Waals surface area contributed by atoms with Crippen LogP contribution in [0.5, 0.6) is 0 Å². The Balaban J connectivity index is 1.31. The first-order valence-electron chi connectivity index (χ1n) is 12.0. The summed E-state index contributed by atoms with van der Waals surface area (Å²) >= 11 is 6.86. The van der Waals surface area contributed by atoms with E-state index < -0.39 is 5.60 Å². The molecule has 2 N–H and O–H groups in total. The Morgan fingerprint density at radius 3 is 2.76 bits per heavy atom. The van der Waals surface area contributed by atoms with Gasteiger partial charge in [0.15, 0.2) is 5.82 Å². The summed E-state index contributed by atoms with van der Waals surface area (Å²) in [6.45, 7) is 9.25. The van der Waals surface area contributed by atoms with Gasteiger partial charge in [0, 0.05) is 39.0 Å². The van der Waals surface area contributed by atoms with Gasteiger partial charge in [-0.25, -0.2) is 9.78 Å². The quantitative estimate of drug-likeness (QED) is 0.482. The number of likely N-dealkylation sites (N-methyl/N-ethyl adjacent to an activating group) is 1. The number of piperidine rings is 1. The number of rotatable bonds is 5. The number of ether oxygens (including phenoxy) is 1. The third kappa shape index (κ3) is 4.19. The van der Waals surface area contributed by atoms with E-state index in [1.807, 2.05) is 0 Å². The van der Waals surface area contributed by atoms with Gasteiger partial charge in [-0.2, -0.15) is 10.2 Å². The van der Waals surface area contributed by atoms with E-state index in [2.05, 4.69) is 41.5 Å². The van der Waals surface area contributed by atoms with Crippen LogP contribution in [0.2, 0.25) is 5.02 Å². The monoisotopic (exact) mass is 518 g/mol. The van der Waals surface area contributed by atoms with Crippen molar-refractivity contribution < 1.29 is 9.53 Å². The maximum absolute atomic E-state index is 11.9. The van der Waals surface area contributed by atoms with E-state index >= 15 is 0 Å². The molecular formula is C24H23ClN10O2. The lowest BCUT2D eigenvalue weighted by Crippen LogP contribution is -2.46. The normalized spacial score (nSPS) is 18.5. The molecule has 1 aromatic carbocycles. The molecule has 2 aliphatic heterocycles. The highest BCUT2D eigenvalue weighted by Crippen LogP contribution is 2.40. The number of aromatic nitrogens is 4. The van der Waals surface area contributed by atoms with Gasteiger partial charge < -0.3 is 30.0 Å². The standard InChI is InChI=1S/C24H23ClN10O2/c1-27-18-12-28-21-20(29-15-3-4-15)31-22(32-35(18)21)30-16-9-14(11-26)10-17(19(16)25)34-7-5-24(6-8-34)13-33(2)23(36)37-24/h9-10,12,15H,3-8,13H2,2H3,(H2,29,30,31,32). The van der Waals surface area contributed by atoms with E-state index in [0.717, 1.165) is 12.8 Å². The molecule has 1 aliphatic carbocycles. The average Bonchev–Trinajstić information content (AvgIpc) is 3.54. The molecule has 12 nitrogen and oxygen atoms in total. The van der Waals surface area contributed by atoms with Gasteiger partial charge in [-0.3, -0.25) is 0 Å². The highest BCUT2D eigenvalue weighted by atomic mass is 35.5. The number of imidazole rings is 1. The Bertz CT molecular complexity index is 1490. The van der Waals surface area contributed by atoms with E-state index in [0.29, 0.717) is 71.9 Å². The molecule has 3 aliphatic rings. The third-order valence-electron chi connectivity index (χ3n) is 6.96. The number of hydrogen-bond acceptors (Lipinski definition) is 9. The lowest BCUT2D eigenvalue weighted by atomic mass is 9.91. The summed E-state index contributed by atoms with van der Waals surface area (Å²) in [7, 11) is 1.74. The predicted molar refractivity (Wildman–Crippen MR) is 136 cm³/mol. The molecule has 3 aromatic rings. The molecule has 0 radical (unpaired) electrons. The van der Waals surface area contributed by atoms with Gasteiger partial charge in [0.2, 0.25) is 0 Å². The molecule has 188 valence electrons. The Morgan fingerprint density at radius 2 is 2.11 bits per heavy atom. The number of amides is 1. The molecule has 1 spiro atoms. The topological polar surface area (TPSA) is 128 Å². The van der Waals surface area contributed by atoms with Gasteiger partial charge in [0.05, 0.1) is 40.8 Å². The number of halogens is 1. The molecule has 3 fully saturated rings. The number of carbonyl (C=O) groups is 1. The second-order valence-electron chi connectivity index (χ2n) is 9.65. The number of nitrogens with zero attached hydrogens (tertiary/aromatic N) is 8. The van der Waals surface area contributed by atoms with Gasteiger partial charge in [-0.15, -0.1) is 4.52 Å². The zero-order valence-corrected chi connectivity index (χ0v) is 20.8. The number of nitrogens with one attached hydrogen (secondary N) is 2. The fourth-order valence-corrected chi connectivity index (χ4v) is 5.12. The molecule has 6 rings (SSSR count). The summed E-state index contributed by atoms with van der Waals surface area (Å²) in [5, 5.41) is 21.1. The molecule has 2 saturated heterocycles. The molecule has 0 bridgehead atoms. The van der Waals surface area contributed by atoms with Crippen LogP contribution in [0.3, 0.4) is 0 Å². The van der Waals surface area contributed by atoms with Crippen LogP contribution < -0.4 is 15.5 Å². The van der Waals surface area contributed by atoms with Crippen LogP contribution in [0, 0.1) is 17.9 Å². The van der Waals surface area contributed by atoms with Crippen LogP contribution in [0.1, 0.15) is 31.2 Å². The molecule has 13 heteroatoms. The van der Waals surface area contributed by atoms with Crippen LogP contribution in [0.15, 0.2) is 18.3 Å². The maximum atomic E-state index is 11.9. The number of carbonyl (C=O) groups excluding carboxylic acids is 1. The fraction of sp³-hybridized carbons (Fsp3) is 0.417. The van der Waals surface area contributed by atoms with E-state index in [-0.39, 0.29) is 17.9 Å². The fourth-order valence-electron chi connectivity index (χ4n) is 4.84. The van der Waals surface area contributed by atoms with Gasteiger partial charge in [0.1, 0.15) is 5.60 Å². The summed E-state index contributed by atoms with van der Waals surface area (Å²) in [4.78, 5) is 28.0. The average molecular weight is 519 g/mol. The summed E-state index contributed by atoms with van der Waals surface area (Å²) in [5.41, 5.74) is 1.60. The Hall–Kier alpha value is -4.29. The third-order valence-corrected chi connectivity index (χ3v) is 7.36. The molecule has 2 aromatic heterocycles. The van der Waals surface area contributed by atoms with Crippen molar-refractivity contribution in [1.29, 1.82) is 5.26 Å². The molecular weight excluding hydrogens is 496 g/mol. The van der Waals surface area contributed by atoms with Gasteiger partial charge in [0.25, 0.3) is 17.4 Å². The predicted octanol–water partition coefficient (Wildman–Crippen LogP) is 3.94. The SMILES string of the molecule is [C-]#[N+]c1cnc2c(NC3CC3)nc(Nc3cc(C#N)cc(N4CCC5(CC4)CN(C)C(=O)O5)c3Cl)nn12. The van der Waals surface area contributed by atoms with Crippen LogP contribution in [-0.4, -0.2) is 68.9 Å². The van der Waals surface area contributed by atoms with Gasteiger partial charge in [-0.1, -0.05) is 23.3 Å². The highest BCUT2D eigenvalue weighted by Gasteiger charge is 2.46. The van der Waals surface area contributed by atoms with Gasteiger partial charge >= 0.3 is 6.09 Å². The Kier molecular flexibility index (Phi) is 5.42. The summed E-state index contributed by atoms with van der Waals surface area (Å²) in [6.07, 6.45) is 4.58. The van der Waals surface area contributed by atoms with E-state index in [1.165, 1.54) is 10.7 Å². The van der Waals surface area contributed by atoms with Crippen LogP contribution in [0.4, 0.5) is 33.8 Å². The van der Waals surface area contributed by atoms with E-state index in [1.54, 1.807) is 24.1 Å². The molecule has 0 atom stereocenters. The van der Waals surface area contributed by atoms with Crippen molar-refractivity contribution in [2.24, 2.45) is 0 Å². The minimum atomic E-state index is -0.484. The van der Waals surface area contributed by atoms with Crippen molar-refractivity contribution in [1.82, 2.24) is 24.5 Å². The number of fused-ring (bicyclic) bond motifs is 1. The summed E-state index contributed by atoms with van der Waals surface area (Å²) in [6, 6.07) is 5.93. The van der Waals surface area contributed by atoms with E-state index in [9.17, 15) is 10.1 Å². The van der Waals surface area contributed by atoms with Crippen molar-refractivity contribution in [2.75, 3.05) is 42.2 Å². The zero-order chi connectivity index (χ0) is 25.7. The lowest BCUT2D eigenvalue weighted by molar-refractivity contribution is 0.0367. The lowest BCUT2D eigenvalue weighted by Gasteiger charge is -2.39.